The van der Waals surface area contributed by atoms with Crippen LogP contribution in [-0.4, -0.2) is 16.8 Å². The molecule has 0 unspecified atom stereocenters. The van der Waals surface area contributed by atoms with Gasteiger partial charge in [-0.2, -0.15) is 0 Å². The first kappa shape index (κ1) is 12.0. The third-order valence-corrected chi connectivity index (χ3v) is 3.78. The third kappa shape index (κ3) is 3.26. The van der Waals surface area contributed by atoms with Gasteiger partial charge in [-0.05, 0) is 12.8 Å². The van der Waals surface area contributed by atoms with Crippen LogP contribution in [0.2, 0.25) is 0 Å². The second-order valence-electron chi connectivity index (χ2n) is 5.13. The summed E-state index contributed by atoms with van der Waals surface area (Å²) in [5.74, 6) is 0.161. The standard InChI is InChI=1S/C11H20BrNO/c1-11(2,3)10(14)13-9-7-5-4-6-8(9)12/h8-9H,4-7H2,1-3H3,(H,13,14)/t8-,9-/m0/s1. The van der Waals surface area contributed by atoms with Gasteiger partial charge in [-0.25, -0.2) is 0 Å². The predicted octanol–water partition coefficient (Wildman–Crippen LogP) is 2.85. The summed E-state index contributed by atoms with van der Waals surface area (Å²) in [4.78, 5) is 12.2. The minimum absolute atomic E-state index is 0.161. The summed E-state index contributed by atoms with van der Waals surface area (Å²) >= 11 is 3.64. The Bertz CT molecular complexity index is 210. The molecule has 0 spiro atoms. The first-order valence-electron chi connectivity index (χ1n) is 5.36. The molecule has 1 N–H and O–H groups in total. The van der Waals surface area contributed by atoms with Crippen molar-refractivity contribution in [2.75, 3.05) is 0 Å². The van der Waals surface area contributed by atoms with Gasteiger partial charge in [0.25, 0.3) is 0 Å². The van der Waals surface area contributed by atoms with Gasteiger partial charge in [0.2, 0.25) is 5.91 Å². The molecule has 2 nitrogen and oxygen atoms in total. The zero-order chi connectivity index (χ0) is 10.8. The second kappa shape index (κ2) is 4.65. The van der Waals surface area contributed by atoms with E-state index >= 15 is 0 Å². The molecule has 1 rings (SSSR count). The van der Waals surface area contributed by atoms with Crippen molar-refractivity contribution in [2.45, 2.75) is 57.3 Å². The maximum Gasteiger partial charge on any atom is 0.225 e. The summed E-state index contributed by atoms with van der Waals surface area (Å²) < 4.78 is 0. The minimum atomic E-state index is -0.274. The fourth-order valence-electron chi connectivity index (χ4n) is 1.63. The predicted molar refractivity (Wildman–Crippen MR) is 62.6 cm³/mol. The van der Waals surface area contributed by atoms with Crippen molar-refractivity contribution < 1.29 is 4.79 Å². The Hall–Kier alpha value is -0.0500. The molecule has 0 bridgehead atoms. The van der Waals surface area contributed by atoms with Gasteiger partial charge in [0.05, 0.1) is 0 Å². The third-order valence-electron chi connectivity index (χ3n) is 2.68. The van der Waals surface area contributed by atoms with Crippen molar-refractivity contribution >= 4 is 21.8 Å². The van der Waals surface area contributed by atoms with Gasteiger partial charge in [0.1, 0.15) is 0 Å². The monoisotopic (exact) mass is 261 g/mol. The lowest BCUT2D eigenvalue weighted by Gasteiger charge is -2.30. The molecule has 14 heavy (non-hydrogen) atoms. The van der Waals surface area contributed by atoms with Crippen molar-refractivity contribution in [1.82, 2.24) is 5.32 Å². The van der Waals surface area contributed by atoms with E-state index in [1.807, 2.05) is 20.8 Å². The topological polar surface area (TPSA) is 29.1 Å². The summed E-state index contributed by atoms with van der Waals surface area (Å²) in [5, 5.41) is 3.12. The number of carbonyl (C=O) groups is 1. The smallest absolute Gasteiger partial charge is 0.225 e. The Kier molecular flexibility index (Phi) is 3.99. The summed E-state index contributed by atoms with van der Waals surface area (Å²) in [6, 6.07) is 0.329. The molecule has 0 saturated heterocycles. The van der Waals surface area contributed by atoms with E-state index in [1.54, 1.807) is 0 Å². The van der Waals surface area contributed by atoms with Crippen molar-refractivity contribution in [3.63, 3.8) is 0 Å². The van der Waals surface area contributed by atoms with Crippen LogP contribution in [0, 0.1) is 5.41 Å². The average molecular weight is 262 g/mol. The number of rotatable bonds is 1. The van der Waals surface area contributed by atoms with Crippen LogP contribution in [0.4, 0.5) is 0 Å². The van der Waals surface area contributed by atoms with Crippen LogP contribution >= 0.6 is 15.9 Å². The van der Waals surface area contributed by atoms with Gasteiger partial charge in [0, 0.05) is 16.3 Å². The van der Waals surface area contributed by atoms with E-state index in [2.05, 4.69) is 21.2 Å². The number of nitrogens with one attached hydrogen (secondary N) is 1. The molecule has 0 aliphatic heterocycles. The van der Waals surface area contributed by atoms with Crippen LogP contribution in [0.3, 0.4) is 0 Å². The molecule has 0 radical (unpaired) electrons. The maximum absolute atomic E-state index is 11.7. The number of hydrogen-bond donors (Lipinski definition) is 1. The quantitative estimate of drug-likeness (QED) is 0.723. The fraction of sp³-hybridized carbons (Fsp3) is 0.909. The lowest BCUT2D eigenvalue weighted by atomic mass is 9.91. The van der Waals surface area contributed by atoms with Crippen LogP contribution in [-0.2, 0) is 4.79 Å². The molecule has 1 saturated carbocycles. The Morgan fingerprint density at radius 2 is 1.86 bits per heavy atom. The SMILES string of the molecule is CC(C)(C)C(=O)N[C@H]1CCCC[C@@H]1Br. The van der Waals surface area contributed by atoms with Gasteiger partial charge in [-0.3, -0.25) is 4.79 Å². The van der Waals surface area contributed by atoms with E-state index in [-0.39, 0.29) is 11.3 Å². The molecular formula is C11H20BrNO. The molecule has 3 heteroatoms. The number of carbonyl (C=O) groups excluding carboxylic acids is 1. The van der Waals surface area contributed by atoms with Gasteiger partial charge in [-0.1, -0.05) is 49.5 Å². The Morgan fingerprint density at radius 1 is 1.29 bits per heavy atom. The van der Waals surface area contributed by atoms with Crippen molar-refractivity contribution in [2.24, 2.45) is 5.41 Å². The normalized spacial score (nSPS) is 28.6. The Balaban J connectivity index is 2.46. The van der Waals surface area contributed by atoms with Crippen LogP contribution in [0.1, 0.15) is 46.5 Å². The molecular weight excluding hydrogens is 242 g/mol. The molecule has 1 fully saturated rings. The zero-order valence-electron chi connectivity index (χ0n) is 9.27. The summed E-state index contributed by atoms with van der Waals surface area (Å²) in [6.45, 7) is 5.86. The highest BCUT2D eigenvalue weighted by Crippen LogP contribution is 2.25. The van der Waals surface area contributed by atoms with Gasteiger partial charge >= 0.3 is 0 Å². The van der Waals surface area contributed by atoms with Crippen LogP contribution in [0.25, 0.3) is 0 Å². The lowest BCUT2D eigenvalue weighted by molar-refractivity contribution is -0.129. The van der Waals surface area contributed by atoms with Crippen molar-refractivity contribution in [3.05, 3.63) is 0 Å². The molecule has 82 valence electrons. The van der Waals surface area contributed by atoms with E-state index in [9.17, 15) is 4.79 Å². The highest BCUT2D eigenvalue weighted by molar-refractivity contribution is 9.09. The maximum atomic E-state index is 11.7. The molecule has 0 aromatic rings. The van der Waals surface area contributed by atoms with E-state index in [1.165, 1.54) is 19.3 Å². The zero-order valence-corrected chi connectivity index (χ0v) is 10.9. The van der Waals surface area contributed by atoms with Gasteiger partial charge in [-0.15, -0.1) is 0 Å². The van der Waals surface area contributed by atoms with E-state index in [0.29, 0.717) is 10.9 Å². The van der Waals surface area contributed by atoms with Crippen molar-refractivity contribution in [3.8, 4) is 0 Å². The van der Waals surface area contributed by atoms with E-state index in [4.69, 9.17) is 0 Å². The van der Waals surface area contributed by atoms with Gasteiger partial charge < -0.3 is 5.32 Å². The molecule has 2 atom stereocenters. The summed E-state index contributed by atoms with van der Waals surface area (Å²) in [6.07, 6.45) is 4.79. The van der Waals surface area contributed by atoms with Gasteiger partial charge in [0.15, 0.2) is 0 Å². The average Bonchev–Trinajstić information content (AvgIpc) is 2.07. The molecule has 1 aliphatic carbocycles. The van der Waals surface area contributed by atoms with E-state index < -0.39 is 0 Å². The highest BCUT2D eigenvalue weighted by atomic mass is 79.9. The molecule has 0 aromatic carbocycles. The molecule has 1 amide bonds. The van der Waals surface area contributed by atoms with Crippen LogP contribution in [0.5, 0.6) is 0 Å². The number of halogens is 1. The highest BCUT2D eigenvalue weighted by Gasteiger charge is 2.28. The molecule has 0 aromatic heterocycles. The molecule has 1 aliphatic rings. The summed E-state index contributed by atoms with van der Waals surface area (Å²) in [7, 11) is 0. The first-order valence-corrected chi connectivity index (χ1v) is 6.28. The van der Waals surface area contributed by atoms with Crippen molar-refractivity contribution in [1.29, 1.82) is 0 Å². The number of hydrogen-bond acceptors (Lipinski definition) is 1. The minimum Gasteiger partial charge on any atom is -0.352 e. The Morgan fingerprint density at radius 3 is 2.36 bits per heavy atom. The lowest BCUT2D eigenvalue weighted by Crippen LogP contribution is -2.46. The Labute approximate surface area is 95.0 Å². The van der Waals surface area contributed by atoms with Crippen LogP contribution in [0.15, 0.2) is 0 Å². The first-order chi connectivity index (χ1) is 6.41. The second-order valence-corrected chi connectivity index (χ2v) is 6.31. The summed E-state index contributed by atoms with van der Waals surface area (Å²) in [5.41, 5.74) is -0.274. The fourth-order valence-corrected chi connectivity index (χ4v) is 2.35. The molecule has 0 heterocycles. The largest absolute Gasteiger partial charge is 0.352 e. The number of alkyl halides is 1. The number of amides is 1. The van der Waals surface area contributed by atoms with Crippen LogP contribution < -0.4 is 5.32 Å². The van der Waals surface area contributed by atoms with E-state index in [0.717, 1.165) is 6.42 Å².